The zero-order chi connectivity index (χ0) is 12.0. The molecule has 2 atom stereocenters. The summed E-state index contributed by atoms with van der Waals surface area (Å²) in [5.74, 6) is -0.590. The SMILES string of the molecule is O=C(O)CCCC(=O)NCC1CCC(O)C1. The van der Waals surface area contributed by atoms with E-state index in [4.69, 9.17) is 5.11 Å². The van der Waals surface area contributed by atoms with Gasteiger partial charge in [-0.1, -0.05) is 0 Å². The van der Waals surface area contributed by atoms with Crippen molar-refractivity contribution in [1.82, 2.24) is 5.32 Å². The van der Waals surface area contributed by atoms with Crippen LogP contribution in [-0.4, -0.2) is 34.7 Å². The molecule has 0 heterocycles. The van der Waals surface area contributed by atoms with Gasteiger partial charge in [-0.3, -0.25) is 9.59 Å². The van der Waals surface area contributed by atoms with Crippen LogP contribution in [0.15, 0.2) is 0 Å². The number of carboxylic acids is 1. The molecule has 0 radical (unpaired) electrons. The molecular weight excluding hydrogens is 210 g/mol. The van der Waals surface area contributed by atoms with Gasteiger partial charge in [-0.05, 0) is 31.6 Å². The van der Waals surface area contributed by atoms with Crippen LogP contribution in [-0.2, 0) is 9.59 Å². The van der Waals surface area contributed by atoms with Gasteiger partial charge in [0, 0.05) is 19.4 Å². The van der Waals surface area contributed by atoms with E-state index in [9.17, 15) is 14.7 Å². The van der Waals surface area contributed by atoms with E-state index < -0.39 is 5.97 Å². The molecule has 1 rings (SSSR count). The standard InChI is InChI=1S/C11H19NO4/c13-9-5-4-8(6-9)7-12-10(14)2-1-3-11(15)16/h8-9,13H,1-7H2,(H,12,14)(H,15,16). The molecule has 0 aromatic heterocycles. The van der Waals surface area contributed by atoms with Crippen LogP contribution in [0, 0.1) is 5.92 Å². The minimum absolute atomic E-state index is 0.0373. The van der Waals surface area contributed by atoms with E-state index >= 15 is 0 Å². The Hall–Kier alpha value is -1.10. The second kappa shape index (κ2) is 6.48. The molecule has 0 aromatic carbocycles. The fourth-order valence-electron chi connectivity index (χ4n) is 1.98. The fourth-order valence-corrected chi connectivity index (χ4v) is 1.98. The second-order valence-corrected chi connectivity index (χ2v) is 4.38. The van der Waals surface area contributed by atoms with Crippen LogP contribution in [0.5, 0.6) is 0 Å². The van der Waals surface area contributed by atoms with E-state index in [0.29, 0.717) is 18.9 Å². The van der Waals surface area contributed by atoms with E-state index in [-0.39, 0.29) is 24.9 Å². The molecule has 16 heavy (non-hydrogen) atoms. The number of aliphatic carboxylic acids is 1. The van der Waals surface area contributed by atoms with Crippen LogP contribution in [0.4, 0.5) is 0 Å². The average molecular weight is 229 g/mol. The minimum atomic E-state index is -0.869. The Labute approximate surface area is 94.8 Å². The van der Waals surface area contributed by atoms with E-state index in [1.807, 2.05) is 0 Å². The summed E-state index contributed by atoms with van der Waals surface area (Å²) >= 11 is 0. The first-order chi connectivity index (χ1) is 7.58. The minimum Gasteiger partial charge on any atom is -0.481 e. The number of hydrogen-bond acceptors (Lipinski definition) is 3. The summed E-state index contributed by atoms with van der Waals surface area (Å²) in [7, 11) is 0. The first kappa shape index (κ1) is 13.0. The summed E-state index contributed by atoms with van der Waals surface area (Å²) in [6, 6.07) is 0. The van der Waals surface area contributed by atoms with Gasteiger partial charge in [0.05, 0.1) is 6.10 Å². The molecule has 92 valence electrons. The summed E-state index contributed by atoms with van der Waals surface area (Å²) < 4.78 is 0. The van der Waals surface area contributed by atoms with Crippen molar-refractivity contribution in [2.75, 3.05) is 6.54 Å². The van der Waals surface area contributed by atoms with E-state index in [1.54, 1.807) is 0 Å². The molecule has 1 saturated carbocycles. The van der Waals surface area contributed by atoms with Crippen molar-refractivity contribution >= 4 is 11.9 Å². The van der Waals surface area contributed by atoms with Crippen molar-refractivity contribution in [1.29, 1.82) is 0 Å². The van der Waals surface area contributed by atoms with Crippen LogP contribution in [0.2, 0.25) is 0 Å². The molecule has 1 fully saturated rings. The van der Waals surface area contributed by atoms with Gasteiger partial charge in [-0.25, -0.2) is 0 Å². The van der Waals surface area contributed by atoms with Gasteiger partial charge in [0.15, 0.2) is 0 Å². The number of rotatable bonds is 6. The summed E-state index contributed by atoms with van der Waals surface area (Å²) in [4.78, 5) is 21.5. The molecule has 1 aliphatic rings. The zero-order valence-corrected chi connectivity index (χ0v) is 9.32. The highest BCUT2D eigenvalue weighted by Crippen LogP contribution is 2.24. The zero-order valence-electron chi connectivity index (χ0n) is 9.32. The Bertz CT molecular complexity index is 254. The molecule has 5 nitrogen and oxygen atoms in total. The Kier molecular flexibility index (Phi) is 5.25. The van der Waals surface area contributed by atoms with Gasteiger partial charge < -0.3 is 15.5 Å². The molecule has 0 saturated heterocycles. The maximum absolute atomic E-state index is 11.3. The van der Waals surface area contributed by atoms with Crippen molar-refractivity contribution < 1.29 is 19.8 Å². The van der Waals surface area contributed by atoms with Crippen molar-refractivity contribution in [2.24, 2.45) is 5.92 Å². The van der Waals surface area contributed by atoms with Crippen LogP contribution in [0.3, 0.4) is 0 Å². The van der Waals surface area contributed by atoms with Gasteiger partial charge in [-0.2, -0.15) is 0 Å². The quantitative estimate of drug-likeness (QED) is 0.619. The lowest BCUT2D eigenvalue weighted by Gasteiger charge is -2.10. The predicted molar refractivity (Wildman–Crippen MR) is 57.8 cm³/mol. The summed E-state index contributed by atoms with van der Waals surface area (Å²) in [5.41, 5.74) is 0. The largest absolute Gasteiger partial charge is 0.481 e. The average Bonchev–Trinajstić information content (AvgIpc) is 2.61. The van der Waals surface area contributed by atoms with Gasteiger partial charge in [0.25, 0.3) is 0 Å². The van der Waals surface area contributed by atoms with Crippen LogP contribution >= 0.6 is 0 Å². The first-order valence-corrected chi connectivity index (χ1v) is 5.74. The molecule has 1 amide bonds. The number of hydrogen-bond donors (Lipinski definition) is 3. The highest BCUT2D eigenvalue weighted by Gasteiger charge is 2.22. The van der Waals surface area contributed by atoms with Crippen molar-refractivity contribution in [3.63, 3.8) is 0 Å². The third-order valence-corrected chi connectivity index (χ3v) is 2.90. The summed E-state index contributed by atoms with van der Waals surface area (Å²) in [6.07, 6.45) is 3.01. The maximum Gasteiger partial charge on any atom is 0.303 e. The van der Waals surface area contributed by atoms with Gasteiger partial charge in [0.1, 0.15) is 0 Å². The second-order valence-electron chi connectivity index (χ2n) is 4.38. The molecule has 0 aliphatic heterocycles. The first-order valence-electron chi connectivity index (χ1n) is 5.74. The Balaban J connectivity index is 2.04. The number of carboxylic acid groups (broad SMARTS) is 1. The van der Waals surface area contributed by atoms with Gasteiger partial charge >= 0.3 is 5.97 Å². The molecule has 3 N–H and O–H groups in total. The van der Waals surface area contributed by atoms with Crippen LogP contribution < -0.4 is 5.32 Å². The number of nitrogens with one attached hydrogen (secondary N) is 1. The van der Waals surface area contributed by atoms with E-state index in [2.05, 4.69) is 5.32 Å². The van der Waals surface area contributed by atoms with Crippen molar-refractivity contribution in [3.05, 3.63) is 0 Å². The van der Waals surface area contributed by atoms with Crippen LogP contribution in [0.1, 0.15) is 38.5 Å². The molecule has 0 spiro atoms. The number of aliphatic hydroxyl groups excluding tert-OH is 1. The predicted octanol–water partition coefficient (Wildman–Crippen LogP) is 0.518. The number of carbonyl (C=O) groups excluding carboxylic acids is 1. The van der Waals surface area contributed by atoms with Gasteiger partial charge in [-0.15, -0.1) is 0 Å². The topological polar surface area (TPSA) is 86.6 Å². The summed E-state index contributed by atoms with van der Waals surface area (Å²) in [6.45, 7) is 0.600. The maximum atomic E-state index is 11.3. The molecule has 0 bridgehead atoms. The van der Waals surface area contributed by atoms with E-state index in [0.717, 1.165) is 19.3 Å². The highest BCUT2D eigenvalue weighted by atomic mass is 16.4. The van der Waals surface area contributed by atoms with Gasteiger partial charge in [0.2, 0.25) is 5.91 Å². The normalized spacial score (nSPS) is 24.3. The number of carbonyl (C=O) groups is 2. The third kappa shape index (κ3) is 5.11. The monoisotopic (exact) mass is 229 g/mol. The Morgan fingerprint density at radius 1 is 1.25 bits per heavy atom. The fraction of sp³-hybridized carbons (Fsp3) is 0.818. The molecule has 2 unspecified atom stereocenters. The summed E-state index contributed by atoms with van der Waals surface area (Å²) in [5, 5.41) is 20.5. The van der Waals surface area contributed by atoms with Crippen molar-refractivity contribution in [3.8, 4) is 0 Å². The Morgan fingerprint density at radius 3 is 2.56 bits per heavy atom. The molecule has 0 aromatic rings. The Morgan fingerprint density at radius 2 is 2.00 bits per heavy atom. The number of aliphatic hydroxyl groups is 1. The number of amides is 1. The highest BCUT2D eigenvalue weighted by molar-refractivity contribution is 5.76. The lowest BCUT2D eigenvalue weighted by Crippen LogP contribution is -2.28. The smallest absolute Gasteiger partial charge is 0.303 e. The third-order valence-electron chi connectivity index (χ3n) is 2.90. The molecule has 5 heteroatoms. The molecule has 1 aliphatic carbocycles. The van der Waals surface area contributed by atoms with Crippen LogP contribution in [0.25, 0.3) is 0 Å². The molecular formula is C11H19NO4. The van der Waals surface area contributed by atoms with Crippen molar-refractivity contribution in [2.45, 2.75) is 44.6 Å². The lowest BCUT2D eigenvalue weighted by atomic mass is 10.1. The lowest BCUT2D eigenvalue weighted by molar-refractivity contribution is -0.137. The van der Waals surface area contributed by atoms with E-state index in [1.165, 1.54) is 0 Å².